The molecule has 376 valence electrons. The van der Waals surface area contributed by atoms with Crippen LogP contribution in [0, 0.1) is 0 Å². The number of rotatable bonds is 22. The molecular weight excluding hydrogens is 1050 g/mol. The van der Waals surface area contributed by atoms with E-state index < -0.39 is 29.6 Å². The lowest BCUT2D eigenvalue weighted by Crippen LogP contribution is -2.24. The second-order valence-electron chi connectivity index (χ2n) is 17.1. The summed E-state index contributed by atoms with van der Waals surface area (Å²) in [6.45, 7) is 2.08. The van der Waals surface area contributed by atoms with E-state index in [9.17, 15) is 13.7 Å². The highest BCUT2D eigenvalue weighted by Gasteiger charge is 2.40. The molecule has 2 saturated carbocycles. The first-order valence-corrected chi connectivity index (χ1v) is 29.4. The SMILES string of the molecule is CCCCOP(=O)(Oc1ccccc1Cl)Oc1ccc(-c2cccc(OP(=O)(Oc3ccccc3)Oc3ccc(C4CCCC(OP(=O)(Oc5ccccc5Cl)OC5CCCCC5)C4)cc3Cl)c2)cc1Cl. The van der Waals surface area contributed by atoms with Crippen LogP contribution in [0.25, 0.3) is 11.1 Å². The summed E-state index contributed by atoms with van der Waals surface area (Å²) in [5.74, 6) is 0.808. The van der Waals surface area contributed by atoms with Gasteiger partial charge >= 0.3 is 23.5 Å². The van der Waals surface area contributed by atoms with Crippen LogP contribution in [-0.4, -0.2) is 18.8 Å². The molecule has 0 N–H and O–H groups in total. The number of hydrogen-bond donors (Lipinski definition) is 0. The van der Waals surface area contributed by atoms with Gasteiger partial charge in [-0.25, -0.2) is 9.13 Å². The molecule has 0 spiro atoms. The van der Waals surface area contributed by atoms with Crippen LogP contribution in [-0.2, 0) is 27.3 Å². The van der Waals surface area contributed by atoms with Gasteiger partial charge in [0.05, 0.1) is 38.9 Å². The fourth-order valence-corrected chi connectivity index (χ4v) is 13.4. The van der Waals surface area contributed by atoms with E-state index in [1.807, 2.05) is 13.0 Å². The van der Waals surface area contributed by atoms with Gasteiger partial charge in [-0.15, -0.1) is 0 Å². The number of phosphoric acid groups is 3. The number of benzene rings is 6. The van der Waals surface area contributed by atoms with Crippen molar-refractivity contribution in [3.63, 3.8) is 0 Å². The molecule has 0 bridgehead atoms. The maximum absolute atomic E-state index is 14.8. The van der Waals surface area contributed by atoms with E-state index >= 15 is 0 Å². The minimum Gasteiger partial charge on any atom is -0.402 e. The van der Waals surface area contributed by atoms with E-state index in [-0.39, 0.29) is 68.2 Å². The maximum atomic E-state index is 14.8. The van der Waals surface area contributed by atoms with Gasteiger partial charge in [-0.3, -0.25) is 13.6 Å². The van der Waals surface area contributed by atoms with Crippen molar-refractivity contribution in [2.45, 2.75) is 95.7 Å². The monoisotopic (exact) mass is 1100 g/mol. The minimum atomic E-state index is -4.52. The van der Waals surface area contributed by atoms with Crippen LogP contribution < -0.4 is 27.1 Å². The summed E-state index contributed by atoms with van der Waals surface area (Å²) < 4.78 is 96.9. The van der Waals surface area contributed by atoms with E-state index in [2.05, 4.69) is 0 Å². The minimum absolute atomic E-state index is 0.0328. The summed E-state index contributed by atoms with van der Waals surface area (Å²) in [6.07, 6.45) is 8.08. The molecule has 8 rings (SSSR count). The molecule has 2 aliphatic rings. The largest absolute Gasteiger partial charge is 0.647 e. The predicted molar refractivity (Wildman–Crippen MR) is 279 cm³/mol. The van der Waals surface area contributed by atoms with Gasteiger partial charge in [0.2, 0.25) is 0 Å². The molecule has 6 aromatic carbocycles. The van der Waals surface area contributed by atoms with Gasteiger partial charge in [-0.2, -0.15) is 4.57 Å². The number of halogens is 4. The van der Waals surface area contributed by atoms with Gasteiger partial charge in [-0.05, 0) is 134 Å². The predicted octanol–water partition coefficient (Wildman–Crippen LogP) is 18.6. The fraction of sp³-hybridized carbons (Fsp3) is 0.308. The Morgan fingerprint density at radius 3 is 1.68 bits per heavy atom. The van der Waals surface area contributed by atoms with E-state index in [4.69, 9.17) is 87.1 Å². The van der Waals surface area contributed by atoms with Gasteiger partial charge in [0.25, 0.3) is 0 Å². The lowest BCUT2D eigenvalue weighted by molar-refractivity contribution is 0.0482. The summed E-state index contributed by atoms with van der Waals surface area (Å²) in [4.78, 5) is 0. The van der Waals surface area contributed by atoms with E-state index in [1.165, 1.54) is 6.07 Å². The van der Waals surface area contributed by atoms with Crippen molar-refractivity contribution in [1.82, 2.24) is 0 Å². The van der Waals surface area contributed by atoms with Crippen LogP contribution in [0.5, 0.6) is 34.5 Å². The molecule has 0 saturated heterocycles. The highest BCUT2D eigenvalue weighted by Crippen LogP contribution is 2.57. The number of unbranched alkanes of at least 4 members (excludes halogenated alkanes) is 1. The van der Waals surface area contributed by atoms with Crippen molar-refractivity contribution in [1.29, 1.82) is 0 Å². The quantitative estimate of drug-likeness (QED) is 0.0473. The molecule has 12 nitrogen and oxygen atoms in total. The lowest BCUT2D eigenvalue weighted by Gasteiger charge is -2.33. The molecule has 0 aromatic heterocycles. The first kappa shape index (κ1) is 53.2. The Balaban J connectivity index is 0.976. The van der Waals surface area contributed by atoms with Crippen molar-refractivity contribution < 1.29 is 54.4 Å². The lowest BCUT2D eigenvalue weighted by atomic mass is 9.82. The molecule has 6 aromatic rings. The molecular formula is C52H53Cl4O12P3. The second-order valence-corrected chi connectivity index (χ2v) is 23.2. The molecule has 71 heavy (non-hydrogen) atoms. The van der Waals surface area contributed by atoms with E-state index in [0.29, 0.717) is 35.4 Å². The first-order chi connectivity index (χ1) is 34.3. The normalized spacial score (nSPS) is 18.8. The molecule has 2 aliphatic carbocycles. The molecule has 5 unspecified atom stereocenters. The zero-order valence-electron chi connectivity index (χ0n) is 38.7. The molecule has 19 heteroatoms. The highest BCUT2D eigenvalue weighted by molar-refractivity contribution is 7.50. The Bertz CT molecular complexity index is 2890. The average Bonchev–Trinajstić information content (AvgIpc) is 3.35. The van der Waals surface area contributed by atoms with Crippen LogP contribution in [0.15, 0.2) is 140 Å². The Hall–Kier alpha value is -4.15. The third-order valence-electron chi connectivity index (χ3n) is 11.7. The third kappa shape index (κ3) is 15.0. The van der Waals surface area contributed by atoms with Gasteiger partial charge in [-0.1, -0.05) is 152 Å². The Kier molecular flexibility index (Phi) is 18.5. The van der Waals surface area contributed by atoms with E-state index in [0.717, 1.165) is 56.9 Å². The number of hydrogen-bond acceptors (Lipinski definition) is 12. The first-order valence-electron chi connectivity index (χ1n) is 23.5. The van der Waals surface area contributed by atoms with Crippen LogP contribution >= 0.6 is 69.9 Å². The number of phosphoric ester groups is 3. The van der Waals surface area contributed by atoms with Gasteiger partial charge in [0.15, 0.2) is 17.2 Å². The Morgan fingerprint density at radius 1 is 0.465 bits per heavy atom. The van der Waals surface area contributed by atoms with Crippen LogP contribution in [0.2, 0.25) is 20.1 Å². The van der Waals surface area contributed by atoms with Gasteiger partial charge in [0.1, 0.15) is 17.2 Å². The smallest absolute Gasteiger partial charge is 0.402 e. The summed E-state index contributed by atoms with van der Waals surface area (Å²) in [5.41, 5.74) is 2.11. The fourth-order valence-electron chi connectivity index (χ4n) is 8.19. The standard InChI is InChI=1S/C52H53Cl4O12P3/c1-2-3-32-60-69(57,65-49-26-12-10-24-45(49)53)66-51-30-28-39(35-47(51)55)37-16-15-23-44(34-37)64-71(59,62-42-20-8-5-9-21-42)68-52-31-29-40(36-48(52)56)38-17-14-22-43(33-38)63-70(58,61-41-18-6-4-7-19-41)67-50-27-13-11-25-46(50)54/h5,8-13,15-16,20-21,23-31,34-36,38,41,43H,2-4,6-7,14,17-19,22,32-33H2,1H3. The average molecular weight is 1100 g/mol. The Labute approximate surface area is 434 Å². The topological polar surface area (TPSA) is 134 Å². The molecule has 0 amide bonds. The van der Waals surface area contributed by atoms with Crippen molar-refractivity contribution in [2.75, 3.05) is 6.61 Å². The zero-order valence-corrected chi connectivity index (χ0v) is 44.5. The third-order valence-corrected chi connectivity index (χ3v) is 17.1. The van der Waals surface area contributed by atoms with Gasteiger partial charge < -0.3 is 27.1 Å². The van der Waals surface area contributed by atoms with Crippen molar-refractivity contribution in [3.05, 3.63) is 165 Å². The summed E-state index contributed by atoms with van der Waals surface area (Å²) in [7, 11) is -12.9. The van der Waals surface area contributed by atoms with Crippen LogP contribution in [0.3, 0.4) is 0 Å². The molecule has 0 aliphatic heterocycles. The van der Waals surface area contributed by atoms with Crippen molar-refractivity contribution in [2.24, 2.45) is 0 Å². The summed E-state index contributed by atoms with van der Waals surface area (Å²) in [5, 5.41) is 0.814. The summed E-state index contributed by atoms with van der Waals surface area (Å²) in [6, 6.07) is 38.7. The zero-order chi connectivity index (χ0) is 49.9. The molecule has 5 atom stereocenters. The van der Waals surface area contributed by atoms with Gasteiger partial charge in [0, 0.05) is 0 Å². The van der Waals surface area contributed by atoms with Crippen LogP contribution in [0.1, 0.15) is 89.0 Å². The summed E-state index contributed by atoms with van der Waals surface area (Å²) >= 11 is 26.4. The molecule has 0 radical (unpaired) electrons. The van der Waals surface area contributed by atoms with Crippen molar-refractivity contribution in [3.8, 4) is 45.6 Å². The van der Waals surface area contributed by atoms with Crippen LogP contribution in [0.4, 0.5) is 0 Å². The maximum Gasteiger partial charge on any atom is 0.647 e. The van der Waals surface area contributed by atoms with E-state index in [1.54, 1.807) is 127 Å². The molecule has 0 heterocycles. The molecule has 2 fully saturated rings. The van der Waals surface area contributed by atoms with Crippen molar-refractivity contribution >= 4 is 69.9 Å². The Morgan fingerprint density at radius 2 is 1.01 bits per heavy atom. The number of para-hydroxylation sites is 3. The highest BCUT2D eigenvalue weighted by atomic mass is 35.5. The second kappa shape index (κ2) is 24.7.